The fourth-order valence-electron chi connectivity index (χ4n) is 4.69. The van der Waals surface area contributed by atoms with Crippen LogP contribution in [-0.2, 0) is 9.53 Å². The van der Waals surface area contributed by atoms with Gasteiger partial charge in [0.05, 0.1) is 47.6 Å². The number of aromatic nitrogens is 1. The van der Waals surface area contributed by atoms with Gasteiger partial charge in [-0.15, -0.1) is 0 Å². The van der Waals surface area contributed by atoms with E-state index in [0.29, 0.717) is 53.6 Å². The van der Waals surface area contributed by atoms with Crippen LogP contribution in [0.2, 0.25) is 5.02 Å². The average Bonchev–Trinajstić information content (AvgIpc) is 3.56. The fraction of sp³-hybridized carbons (Fsp3) is 0.207. The Bertz CT molecular complexity index is 1990. The predicted octanol–water partition coefficient (Wildman–Crippen LogP) is 5.40. The van der Waals surface area contributed by atoms with E-state index in [2.05, 4.69) is 20.9 Å². The molecule has 0 N–H and O–H groups in total. The Hall–Kier alpha value is -4.20. The van der Waals surface area contributed by atoms with Crippen LogP contribution in [0.5, 0.6) is 11.5 Å². The first-order valence-electron chi connectivity index (χ1n) is 12.7. The molecule has 1 atom stereocenters. The molecule has 4 aromatic rings. The van der Waals surface area contributed by atoms with E-state index in [1.54, 1.807) is 50.3 Å². The fourth-order valence-corrected chi connectivity index (χ4v) is 6.44. The van der Waals surface area contributed by atoms with Crippen LogP contribution in [-0.4, -0.2) is 36.3 Å². The molecule has 0 saturated heterocycles. The molecule has 14 heteroatoms. The van der Waals surface area contributed by atoms with Gasteiger partial charge in [0.2, 0.25) is 0 Å². The zero-order chi connectivity index (χ0) is 31.0. The summed E-state index contributed by atoms with van der Waals surface area (Å²) >= 11 is 10.6. The standard InChI is InChI=1S/C29H23BrClN3O8S/c1-5-41-28(36)25-14(2)32-29-33(26(25)17-12-22(39-3)23(40-4)13-18(17)30)27(35)24(43-29)11-16-7-9-21(42-16)15-6-8-19(31)20(10-15)34(37)38/h6-13,26H,5H2,1-4H3/b24-11-/t26-/m0/s1. The van der Waals surface area contributed by atoms with Crippen molar-refractivity contribution in [2.45, 2.75) is 19.9 Å². The number of carbonyl (C=O) groups is 1. The van der Waals surface area contributed by atoms with E-state index in [0.717, 1.165) is 11.3 Å². The van der Waals surface area contributed by atoms with Crippen LogP contribution >= 0.6 is 38.9 Å². The first-order chi connectivity index (χ1) is 20.6. The Labute approximate surface area is 261 Å². The minimum absolute atomic E-state index is 0.00907. The van der Waals surface area contributed by atoms with E-state index in [4.69, 9.17) is 30.2 Å². The molecule has 0 spiro atoms. The van der Waals surface area contributed by atoms with E-state index in [1.807, 2.05) is 0 Å². The molecule has 222 valence electrons. The second kappa shape index (κ2) is 12.2. The Kier molecular flexibility index (Phi) is 8.58. The second-order valence-electron chi connectivity index (χ2n) is 9.16. The number of nitro groups is 1. The molecule has 5 rings (SSSR count). The second-order valence-corrected chi connectivity index (χ2v) is 11.4. The summed E-state index contributed by atoms with van der Waals surface area (Å²) in [5, 5.41) is 11.3. The third-order valence-corrected chi connectivity index (χ3v) is 8.63. The van der Waals surface area contributed by atoms with Crippen molar-refractivity contribution >= 4 is 56.6 Å². The van der Waals surface area contributed by atoms with Crippen LogP contribution in [0.1, 0.15) is 31.2 Å². The zero-order valence-corrected chi connectivity index (χ0v) is 26.3. The number of halogens is 2. The van der Waals surface area contributed by atoms with Gasteiger partial charge in [-0.05, 0) is 55.8 Å². The maximum Gasteiger partial charge on any atom is 0.338 e. The summed E-state index contributed by atoms with van der Waals surface area (Å²) in [5.41, 5.74) is 0.961. The van der Waals surface area contributed by atoms with E-state index in [9.17, 15) is 19.7 Å². The highest BCUT2D eigenvalue weighted by Gasteiger charge is 2.35. The predicted molar refractivity (Wildman–Crippen MR) is 163 cm³/mol. The maximum atomic E-state index is 14.0. The number of carbonyl (C=O) groups excluding carboxylic acids is 1. The van der Waals surface area contributed by atoms with Gasteiger partial charge < -0.3 is 18.6 Å². The van der Waals surface area contributed by atoms with E-state index in [-0.39, 0.29) is 22.9 Å². The number of ether oxygens (including phenoxy) is 3. The number of esters is 1. The SMILES string of the molecule is CCOC(=O)C1=C(C)N=c2s/c(=C\c3ccc(-c4ccc(Cl)c([N+](=O)[O-])c4)o3)c(=O)n2[C@H]1c1cc(OC)c(OC)cc1Br. The molecule has 2 aromatic carbocycles. The average molecular weight is 689 g/mol. The van der Waals surface area contributed by atoms with Gasteiger partial charge in [0.15, 0.2) is 16.3 Å². The number of rotatable bonds is 8. The maximum absolute atomic E-state index is 14.0. The highest BCUT2D eigenvalue weighted by Crippen LogP contribution is 2.41. The molecule has 43 heavy (non-hydrogen) atoms. The first kappa shape index (κ1) is 30.3. The Morgan fingerprint density at radius 3 is 2.60 bits per heavy atom. The summed E-state index contributed by atoms with van der Waals surface area (Å²) in [6.45, 7) is 3.52. The molecule has 0 radical (unpaired) electrons. The van der Waals surface area contributed by atoms with Crippen LogP contribution in [0.25, 0.3) is 17.4 Å². The number of nitro benzene ring substituents is 1. The van der Waals surface area contributed by atoms with Gasteiger partial charge >= 0.3 is 5.97 Å². The molecule has 0 fully saturated rings. The van der Waals surface area contributed by atoms with Crippen molar-refractivity contribution < 1.29 is 28.3 Å². The smallest absolute Gasteiger partial charge is 0.338 e. The van der Waals surface area contributed by atoms with Crippen molar-refractivity contribution in [3.63, 3.8) is 0 Å². The van der Waals surface area contributed by atoms with Gasteiger partial charge in [0.1, 0.15) is 16.5 Å². The van der Waals surface area contributed by atoms with Crippen molar-refractivity contribution in [3.05, 3.63) is 104 Å². The third-order valence-electron chi connectivity index (χ3n) is 6.64. The van der Waals surface area contributed by atoms with Gasteiger partial charge in [-0.25, -0.2) is 9.79 Å². The molecular formula is C29H23BrClN3O8S. The van der Waals surface area contributed by atoms with Crippen LogP contribution in [0.15, 0.2) is 72.4 Å². The molecule has 11 nitrogen and oxygen atoms in total. The lowest BCUT2D eigenvalue weighted by Gasteiger charge is -2.26. The summed E-state index contributed by atoms with van der Waals surface area (Å²) in [6, 6.07) is 10.1. The zero-order valence-electron chi connectivity index (χ0n) is 23.2. The van der Waals surface area contributed by atoms with Crippen molar-refractivity contribution in [2.24, 2.45) is 4.99 Å². The molecule has 0 saturated carbocycles. The van der Waals surface area contributed by atoms with Crippen molar-refractivity contribution in [2.75, 3.05) is 20.8 Å². The normalized spacial score (nSPS) is 14.7. The number of benzene rings is 2. The van der Waals surface area contributed by atoms with E-state index in [1.165, 1.54) is 30.9 Å². The number of allylic oxidation sites excluding steroid dienone is 1. The molecule has 1 aliphatic heterocycles. The quantitative estimate of drug-likeness (QED) is 0.136. The molecule has 0 unspecified atom stereocenters. The van der Waals surface area contributed by atoms with Crippen molar-refractivity contribution in [1.29, 1.82) is 0 Å². The molecule has 0 amide bonds. The third kappa shape index (κ3) is 5.63. The number of furan rings is 1. The van der Waals surface area contributed by atoms with Crippen LogP contribution in [0, 0.1) is 10.1 Å². The summed E-state index contributed by atoms with van der Waals surface area (Å²) in [7, 11) is 3.00. The van der Waals surface area contributed by atoms with Gasteiger partial charge in [0, 0.05) is 22.2 Å². The molecule has 1 aliphatic rings. The van der Waals surface area contributed by atoms with Crippen molar-refractivity contribution in [3.8, 4) is 22.8 Å². The van der Waals surface area contributed by atoms with Crippen LogP contribution < -0.4 is 24.4 Å². The summed E-state index contributed by atoms with van der Waals surface area (Å²) in [4.78, 5) is 42.9. The molecule has 0 bridgehead atoms. The van der Waals surface area contributed by atoms with Crippen molar-refractivity contribution in [1.82, 2.24) is 4.57 Å². The van der Waals surface area contributed by atoms with E-state index < -0.39 is 22.5 Å². The summed E-state index contributed by atoms with van der Waals surface area (Å²) < 4.78 is 24.5. The number of hydrogen-bond acceptors (Lipinski definition) is 10. The summed E-state index contributed by atoms with van der Waals surface area (Å²) in [6.07, 6.45) is 1.56. The Morgan fingerprint density at radius 1 is 1.21 bits per heavy atom. The lowest BCUT2D eigenvalue weighted by Crippen LogP contribution is -2.40. The lowest BCUT2D eigenvalue weighted by molar-refractivity contribution is -0.384. The van der Waals surface area contributed by atoms with Crippen LogP contribution in [0.4, 0.5) is 5.69 Å². The van der Waals surface area contributed by atoms with Gasteiger partial charge in [-0.1, -0.05) is 38.9 Å². The lowest BCUT2D eigenvalue weighted by atomic mass is 9.95. The highest BCUT2D eigenvalue weighted by atomic mass is 79.9. The number of methoxy groups -OCH3 is 2. The highest BCUT2D eigenvalue weighted by molar-refractivity contribution is 9.10. The monoisotopic (exact) mass is 687 g/mol. The Balaban J connectivity index is 1.66. The first-order valence-corrected chi connectivity index (χ1v) is 14.7. The molecule has 3 heterocycles. The number of thiazole rings is 1. The minimum atomic E-state index is -0.895. The largest absolute Gasteiger partial charge is 0.493 e. The Morgan fingerprint density at radius 2 is 1.93 bits per heavy atom. The van der Waals surface area contributed by atoms with Gasteiger partial charge in [0.25, 0.3) is 11.2 Å². The number of hydrogen-bond donors (Lipinski definition) is 0. The molecule has 2 aromatic heterocycles. The molecular weight excluding hydrogens is 666 g/mol. The molecule has 0 aliphatic carbocycles. The summed E-state index contributed by atoms with van der Waals surface area (Å²) in [5.74, 6) is 0.960. The number of fused-ring (bicyclic) bond motifs is 1. The topological polar surface area (TPSA) is 135 Å². The van der Waals surface area contributed by atoms with Gasteiger partial charge in [-0.3, -0.25) is 19.5 Å². The number of nitrogens with zero attached hydrogens (tertiary/aromatic N) is 3. The van der Waals surface area contributed by atoms with Crippen LogP contribution in [0.3, 0.4) is 0 Å². The van der Waals surface area contributed by atoms with Gasteiger partial charge in [-0.2, -0.15) is 0 Å². The van der Waals surface area contributed by atoms with E-state index >= 15 is 0 Å². The minimum Gasteiger partial charge on any atom is -0.493 e.